The van der Waals surface area contributed by atoms with E-state index in [4.69, 9.17) is 0 Å². The van der Waals surface area contributed by atoms with E-state index in [2.05, 4.69) is 20.0 Å². The number of hydrogen-bond acceptors (Lipinski definition) is 0. The fourth-order valence-electron chi connectivity index (χ4n) is 1.61. The largest absolute Gasteiger partial charge is 0.0713 e. The zero-order valence-corrected chi connectivity index (χ0v) is 10.9. The summed E-state index contributed by atoms with van der Waals surface area (Å²) in [5.41, 5.74) is 0. The van der Waals surface area contributed by atoms with Crippen LogP contribution in [0.4, 0.5) is 0 Å². The van der Waals surface area contributed by atoms with Gasteiger partial charge in [-0.15, -0.1) is 0 Å². The van der Waals surface area contributed by atoms with Gasteiger partial charge in [-0.2, -0.15) is 0 Å². The average Bonchev–Trinajstić information content (AvgIpc) is 2.09. The van der Waals surface area contributed by atoms with E-state index in [1.807, 2.05) is 0 Å². The monoisotopic (exact) mass is 199 g/mol. The van der Waals surface area contributed by atoms with Crippen LogP contribution in [0.5, 0.6) is 0 Å². The molecule has 13 heavy (non-hydrogen) atoms. The lowest BCUT2D eigenvalue weighted by Crippen LogP contribution is -1.97. The lowest BCUT2D eigenvalue weighted by atomic mass is 10.1. The van der Waals surface area contributed by atoms with Crippen LogP contribution in [0, 0.1) is 0 Å². The Morgan fingerprint density at radius 2 is 1.15 bits per heavy atom. The Balaban J connectivity index is 2.84. The SMILES string of the molecule is CCCCCCCCCC[Si](C)C. The molecule has 0 amide bonds. The van der Waals surface area contributed by atoms with Crippen LogP contribution in [0.15, 0.2) is 0 Å². The van der Waals surface area contributed by atoms with Crippen molar-refractivity contribution in [1.29, 1.82) is 0 Å². The molecular formula is C12H27Si. The first-order valence-electron chi connectivity index (χ1n) is 6.06. The van der Waals surface area contributed by atoms with Crippen molar-refractivity contribution in [2.75, 3.05) is 0 Å². The zero-order valence-electron chi connectivity index (χ0n) is 9.86. The third-order valence-electron chi connectivity index (χ3n) is 2.53. The smallest absolute Gasteiger partial charge is 0.0412 e. The molecule has 0 nitrogen and oxygen atoms in total. The van der Waals surface area contributed by atoms with Gasteiger partial charge >= 0.3 is 0 Å². The first-order valence-corrected chi connectivity index (χ1v) is 8.77. The lowest BCUT2D eigenvalue weighted by Gasteiger charge is -2.02. The van der Waals surface area contributed by atoms with Crippen molar-refractivity contribution in [1.82, 2.24) is 0 Å². The molecule has 0 saturated carbocycles. The summed E-state index contributed by atoms with van der Waals surface area (Å²) in [6.45, 7) is 7.13. The molecule has 0 fully saturated rings. The van der Waals surface area contributed by atoms with Gasteiger partial charge in [0.1, 0.15) is 0 Å². The predicted molar refractivity (Wildman–Crippen MR) is 64.9 cm³/mol. The molecule has 0 aliphatic carbocycles. The molecule has 0 aliphatic heterocycles. The summed E-state index contributed by atoms with van der Waals surface area (Å²) in [5, 5.41) is 0. The van der Waals surface area contributed by atoms with Crippen LogP contribution in [-0.4, -0.2) is 8.80 Å². The van der Waals surface area contributed by atoms with Gasteiger partial charge in [-0.1, -0.05) is 77.4 Å². The highest BCUT2D eigenvalue weighted by Gasteiger charge is 1.95. The van der Waals surface area contributed by atoms with Crippen molar-refractivity contribution in [3.05, 3.63) is 0 Å². The molecule has 1 heteroatoms. The first-order chi connectivity index (χ1) is 6.27. The third-order valence-corrected chi connectivity index (χ3v) is 3.88. The van der Waals surface area contributed by atoms with Gasteiger partial charge in [-0.05, 0) is 0 Å². The van der Waals surface area contributed by atoms with E-state index < -0.39 is 0 Å². The van der Waals surface area contributed by atoms with Crippen LogP contribution in [-0.2, 0) is 0 Å². The van der Waals surface area contributed by atoms with Crippen molar-refractivity contribution < 1.29 is 0 Å². The van der Waals surface area contributed by atoms with Crippen molar-refractivity contribution in [3.8, 4) is 0 Å². The normalized spacial score (nSPS) is 11.1. The highest BCUT2D eigenvalue weighted by atomic mass is 28.3. The van der Waals surface area contributed by atoms with Gasteiger partial charge in [-0.3, -0.25) is 0 Å². The molecule has 0 heterocycles. The van der Waals surface area contributed by atoms with Crippen molar-refractivity contribution >= 4 is 8.80 Å². The maximum absolute atomic E-state index is 2.42. The van der Waals surface area contributed by atoms with E-state index in [1.54, 1.807) is 0 Å². The molecule has 0 aromatic heterocycles. The van der Waals surface area contributed by atoms with Crippen molar-refractivity contribution in [2.45, 2.75) is 77.4 Å². The molecule has 0 saturated heterocycles. The van der Waals surface area contributed by atoms with Crippen molar-refractivity contribution in [2.24, 2.45) is 0 Å². The minimum absolute atomic E-state index is 0.0644. The highest BCUT2D eigenvalue weighted by Crippen LogP contribution is 2.10. The highest BCUT2D eigenvalue weighted by molar-refractivity contribution is 6.55. The van der Waals surface area contributed by atoms with Crippen LogP contribution >= 0.6 is 0 Å². The zero-order chi connectivity index (χ0) is 9.94. The average molecular weight is 199 g/mol. The summed E-state index contributed by atoms with van der Waals surface area (Å²) in [7, 11) is 0.0644. The Labute approximate surface area is 86.7 Å². The second-order valence-corrected chi connectivity index (χ2v) is 7.35. The molecule has 0 atom stereocenters. The molecule has 0 rings (SSSR count). The molecule has 0 aliphatic rings. The van der Waals surface area contributed by atoms with E-state index in [-0.39, 0.29) is 8.80 Å². The lowest BCUT2D eigenvalue weighted by molar-refractivity contribution is 0.584. The Morgan fingerprint density at radius 3 is 1.62 bits per heavy atom. The molecular weight excluding hydrogens is 172 g/mol. The van der Waals surface area contributed by atoms with Gasteiger partial charge in [0.05, 0.1) is 0 Å². The van der Waals surface area contributed by atoms with Gasteiger partial charge in [0.25, 0.3) is 0 Å². The van der Waals surface area contributed by atoms with E-state index >= 15 is 0 Å². The minimum atomic E-state index is 0.0644. The number of hydrogen-bond donors (Lipinski definition) is 0. The summed E-state index contributed by atoms with van der Waals surface area (Å²) >= 11 is 0. The molecule has 0 unspecified atom stereocenters. The van der Waals surface area contributed by atoms with Gasteiger partial charge in [0.2, 0.25) is 0 Å². The van der Waals surface area contributed by atoms with Crippen LogP contribution in [0.1, 0.15) is 58.3 Å². The van der Waals surface area contributed by atoms with E-state index in [9.17, 15) is 0 Å². The maximum atomic E-state index is 2.42. The van der Waals surface area contributed by atoms with Gasteiger partial charge in [0, 0.05) is 8.80 Å². The Hall–Kier alpha value is 0.217. The Morgan fingerprint density at radius 1 is 0.692 bits per heavy atom. The molecule has 1 radical (unpaired) electrons. The topological polar surface area (TPSA) is 0 Å². The van der Waals surface area contributed by atoms with Crippen LogP contribution in [0.25, 0.3) is 0 Å². The van der Waals surface area contributed by atoms with E-state index in [0.29, 0.717) is 0 Å². The third kappa shape index (κ3) is 12.2. The van der Waals surface area contributed by atoms with Gasteiger partial charge in [0.15, 0.2) is 0 Å². The van der Waals surface area contributed by atoms with E-state index in [1.165, 1.54) is 57.4 Å². The van der Waals surface area contributed by atoms with Crippen molar-refractivity contribution in [3.63, 3.8) is 0 Å². The summed E-state index contributed by atoms with van der Waals surface area (Å²) in [6, 6.07) is 1.53. The van der Waals surface area contributed by atoms with Crippen LogP contribution in [0.2, 0.25) is 19.1 Å². The molecule has 0 N–H and O–H groups in total. The second-order valence-electron chi connectivity index (χ2n) is 4.43. The van der Waals surface area contributed by atoms with Gasteiger partial charge < -0.3 is 0 Å². The first kappa shape index (κ1) is 13.2. The molecule has 0 spiro atoms. The predicted octanol–water partition coefficient (Wildman–Crippen LogP) is 4.88. The fourth-order valence-corrected chi connectivity index (χ4v) is 2.57. The van der Waals surface area contributed by atoms with E-state index in [0.717, 1.165) is 0 Å². The summed E-state index contributed by atoms with van der Waals surface area (Å²) in [5.74, 6) is 0. The summed E-state index contributed by atoms with van der Waals surface area (Å²) in [6.07, 6.45) is 11.7. The maximum Gasteiger partial charge on any atom is 0.0412 e. The number of unbranched alkanes of at least 4 members (excludes halogenated alkanes) is 7. The number of rotatable bonds is 9. The minimum Gasteiger partial charge on any atom is -0.0713 e. The quantitative estimate of drug-likeness (QED) is 0.367. The molecule has 0 aromatic carbocycles. The molecule has 79 valence electrons. The second kappa shape index (κ2) is 10.3. The Kier molecular flexibility index (Phi) is 10.5. The summed E-state index contributed by atoms with van der Waals surface area (Å²) in [4.78, 5) is 0. The molecule has 0 aromatic rings. The summed E-state index contributed by atoms with van der Waals surface area (Å²) < 4.78 is 0. The van der Waals surface area contributed by atoms with Gasteiger partial charge in [-0.25, -0.2) is 0 Å². The fraction of sp³-hybridized carbons (Fsp3) is 1.00. The molecule has 0 bridgehead atoms. The standard InChI is InChI=1S/C12H27Si/c1-4-5-6-7-8-9-10-11-12-13(2)3/h4-12H2,1-3H3. The van der Waals surface area contributed by atoms with Crippen LogP contribution in [0.3, 0.4) is 0 Å². The van der Waals surface area contributed by atoms with Crippen LogP contribution < -0.4 is 0 Å². The Bertz CT molecular complexity index is 89.1.